The van der Waals surface area contributed by atoms with Gasteiger partial charge in [-0.25, -0.2) is 4.98 Å². The number of pyridine rings is 1. The molecule has 3 N–H and O–H groups in total. The van der Waals surface area contributed by atoms with Crippen molar-refractivity contribution in [3.05, 3.63) is 22.8 Å². The maximum absolute atomic E-state index is 9.08. The van der Waals surface area contributed by atoms with Gasteiger partial charge in [0.2, 0.25) is 5.88 Å². The SMILES string of the molecule is COc1nccc(Cl)c1CC(C)(N)CO. The van der Waals surface area contributed by atoms with E-state index in [0.717, 1.165) is 5.56 Å². The van der Waals surface area contributed by atoms with Crippen LogP contribution in [0.1, 0.15) is 12.5 Å². The van der Waals surface area contributed by atoms with Gasteiger partial charge < -0.3 is 15.6 Å². The number of nitrogens with zero attached hydrogens (tertiary/aromatic N) is 1. The molecule has 0 radical (unpaired) electrons. The third kappa shape index (κ3) is 3.06. The summed E-state index contributed by atoms with van der Waals surface area (Å²) in [6.45, 7) is 1.62. The molecule has 0 bridgehead atoms. The third-order valence-corrected chi connectivity index (χ3v) is 2.45. The molecule has 1 aromatic rings. The molecule has 0 spiro atoms. The van der Waals surface area contributed by atoms with Gasteiger partial charge in [0, 0.05) is 17.3 Å². The minimum absolute atomic E-state index is 0.124. The lowest BCUT2D eigenvalue weighted by Crippen LogP contribution is -2.42. The van der Waals surface area contributed by atoms with Crippen LogP contribution in [0.5, 0.6) is 5.88 Å². The first kappa shape index (κ1) is 12.2. The molecule has 15 heavy (non-hydrogen) atoms. The smallest absolute Gasteiger partial charge is 0.217 e. The van der Waals surface area contributed by atoms with Gasteiger partial charge in [-0.15, -0.1) is 0 Å². The van der Waals surface area contributed by atoms with Crippen molar-refractivity contribution >= 4 is 11.6 Å². The molecule has 0 aromatic carbocycles. The van der Waals surface area contributed by atoms with Crippen LogP contribution in [0, 0.1) is 0 Å². The fraction of sp³-hybridized carbons (Fsp3) is 0.500. The van der Waals surface area contributed by atoms with E-state index in [0.29, 0.717) is 17.3 Å². The Bertz CT molecular complexity index is 342. The van der Waals surface area contributed by atoms with E-state index in [1.165, 1.54) is 7.11 Å². The van der Waals surface area contributed by atoms with Crippen molar-refractivity contribution in [1.82, 2.24) is 4.98 Å². The van der Waals surface area contributed by atoms with Crippen molar-refractivity contribution in [2.24, 2.45) is 5.73 Å². The van der Waals surface area contributed by atoms with E-state index in [1.54, 1.807) is 19.2 Å². The average molecular weight is 231 g/mol. The van der Waals surface area contributed by atoms with Crippen LogP contribution in [0.3, 0.4) is 0 Å². The molecule has 0 fully saturated rings. The number of halogens is 1. The van der Waals surface area contributed by atoms with Gasteiger partial charge in [-0.3, -0.25) is 0 Å². The van der Waals surface area contributed by atoms with Crippen LogP contribution in [-0.4, -0.2) is 29.3 Å². The molecule has 0 aliphatic heterocycles. The largest absolute Gasteiger partial charge is 0.481 e. The van der Waals surface area contributed by atoms with Gasteiger partial charge in [-0.05, 0) is 19.4 Å². The molecule has 84 valence electrons. The molecule has 0 amide bonds. The maximum Gasteiger partial charge on any atom is 0.217 e. The Balaban J connectivity index is 3.02. The number of aliphatic hydroxyl groups excluding tert-OH is 1. The van der Waals surface area contributed by atoms with Gasteiger partial charge in [0.1, 0.15) is 0 Å². The van der Waals surface area contributed by atoms with E-state index in [2.05, 4.69) is 4.98 Å². The molecule has 1 unspecified atom stereocenters. The van der Waals surface area contributed by atoms with Crippen molar-refractivity contribution < 1.29 is 9.84 Å². The minimum Gasteiger partial charge on any atom is -0.481 e. The predicted octanol–water partition coefficient (Wildman–Crippen LogP) is 0.996. The number of methoxy groups -OCH3 is 1. The summed E-state index contributed by atoms with van der Waals surface area (Å²) >= 11 is 6.01. The second-order valence-electron chi connectivity index (χ2n) is 3.77. The van der Waals surface area contributed by atoms with Crippen molar-refractivity contribution in [1.29, 1.82) is 0 Å². The van der Waals surface area contributed by atoms with Crippen molar-refractivity contribution in [3.8, 4) is 5.88 Å². The topological polar surface area (TPSA) is 68.4 Å². The molecule has 5 heteroatoms. The van der Waals surface area contributed by atoms with Crippen LogP contribution in [0.2, 0.25) is 5.02 Å². The zero-order valence-corrected chi connectivity index (χ0v) is 9.58. The van der Waals surface area contributed by atoms with Crippen LogP contribution < -0.4 is 10.5 Å². The lowest BCUT2D eigenvalue weighted by atomic mass is 9.95. The van der Waals surface area contributed by atoms with Gasteiger partial charge >= 0.3 is 0 Å². The molecule has 0 aliphatic carbocycles. The van der Waals surface area contributed by atoms with Gasteiger partial charge in [-0.1, -0.05) is 11.6 Å². The standard InChI is InChI=1S/C10H15ClN2O2/c1-10(12,6-14)5-7-8(11)3-4-13-9(7)15-2/h3-4,14H,5-6,12H2,1-2H3. The lowest BCUT2D eigenvalue weighted by molar-refractivity contribution is 0.207. The lowest BCUT2D eigenvalue weighted by Gasteiger charge is -2.22. The molecular weight excluding hydrogens is 216 g/mol. The van der Waals surface area contributed by atoms with Gasteiger partial charge in [0.25, 0.3) is 0 Å². The molecule has 0 aliphatic rings. The Morgan fingerprint density at radius 1 is 1.67 bits per heavy atom. The second kappa shape index (κ2) is 4.79. The Hall–Kier alpha value is -0.840. The highest BCUT2D eigenvalue weighted by Gasteiger charge is 2.22. The quantitative estimate of drug-likeness (QED) is 0.810. The highest BCUT2D eigenvalue weighted by Crippen LogP contribution is 2.26. The molecule has 1 heterocycles. The van der Waals surface area contributed by atoms with Crippen LogP contribution in [-0.2, 0) is 6.42 Å². The summed E-state index contributed by atoms with van der Waals surface area (Å²) in [5.74, 6) is 0.452. The molecule has 1 rings (SSSR count). The first-order valence-electron chi connectivity index (χ1n) is 4.57. The number of nitrogens with two attached hydrogens (primary N) is 1. The summed E-state index contributed by atoms with van der Waals surface area (Å²) in [7, 11) is 1.52. The van der Waals surface area contributed by atoms with E-state index in [9.17, 15) is 0 Å². The van der Waals surface area contributed by atoms with Crippen LogP contribution in [0.4, 0.5) is 0 Å². The van der Waals surface area contributed by atoms with Gasteiger partial charge in [0.05, 0.1) is 18.7 Å². The molecule has 4 nitrogen and oxygen atoms in total. The summed E-state index contributed by atoms with van der Waals surface area (Å²) in [6.07, 6.45) is 1.98. The number of aromatic nitrogens is 1. The Morgan fingerprint density at radius 3 is 2.87 bits per heavy atom. The third-order valence-electron chi connectivity index (χ3n) is 2.09. The van der Waals surface area contributed by atoms with Crippen molar-refractivity contribution in [2.75, 3.05) is 13.7 Å². The number of hydrogen-bond acceptors (Lipinski definition) is 4. The summed E-state index contributed by atoms with van der Waals surface area (Å²) in [5.41, 5.74) is 5.85. The van der Waals surface area contributed by atoms with E-state index >= 15 is 0 Å². The Kier molecular flexibility index (Phi) is 3.90. The molecule has 1 atom stereocenters. The van der Waals surface area contributed by atoms with Crippen molar-refractivity contribution in [3.63, 3.8) is 0 Å². The Labute approximate surface area is 94.0 Å². The van der Waals surface area contributed by atoms with Gasteiger partial charge in [-0.2, -0.15) is 0 Å². The highest BCUT2D eigenvalue weighted by atomic mass is 35.5. The van der Waals surface area contributed by atoms with Gasteiger partial charge in [0.15, 0.2) is 0 Å². The van der Waals surface area contributed by atoms with E-state index in [4.69, 9.17) is 27.2 Å². The maximum atomic E-state index is 9.08. The second-order valence-corrected chi connectivity index (χ2v) is 4.18. The zero-order valence-electron chi connectivity index (χ0n) is 8.83. The van der Waals surface area contributed by atoms with E-state index < -0.39 is 5.54 Å². The normalized spacial score (nSPS) is 14.7. The van der Waals surface area contributed by atoms with Crippen LogP contribution in [0.15, 0.2) is 12.3 Å². The minimum atomic E-state index is -0.722. The Morgan fingerprint density at radius 2 is 2.33 bits per heavy atom. The van der Waals surface area contributed by atoms with E-state index in [1.807, 2.05) is 0 Å². The fourth-order valence-electron chi connectivity index (χ4n) is 1.25. The van der Waals surface area contributed by atoms with Crippen LogP contribution >= 0.6 is 11.6 Å². The highest BCUT2D eigenvalue weighted by molar-refractivity contribution is 6.31. The summed E-state index contributed by atoms with van der Waals surface area (Å²) in [6, 6.07) is 1.67. The molecule has 0 saturated heterocycles. The zero-order chi connectivity index (χ0) is 11.5. The first-order chi connectivity index (χ1) is 7.00. The predicted molar refractivity (Wildman–Crippen MR) is 59.2 cm³/mol. The molecule has 1 aromatic heterocycles. The first-order valence-corrected chi connectivity index (χ1v) is 4.95. The fourth-order valence-corrected chi connectivity index (χ4v) is 1.45. The summed E-state index contributed by atoms with van der Waals surface area (Å²) in [5, 5.41) is 9.63. The average Bonchev–Trinajstić information content (AvgIpc) is 2.21. The van der Waals surface area contributed by atoms with Crippen molar-refractivity contribution in [2.45, 2.75) is 18.9 Å². The van der Waals surface area contributed by atoms with Crippen LogP contribution in [0.25, 0.3) is 0 Å². The monoisotopic (exact) mass is 230 g/mol. The number of ether oxygens (including phenoxy) is 1. The van der Waals surface area contributed by atoms with E-state index in [-0.39, 0.29) is 6.61 Å². The molecular formula is C10H15ClN2O2. The molecule has 0 saturated carbocycles. The number of rotatable bonds is 4. The summed E-state index contributed by atoms with van der Waals surface area (Å²) in [4.78, 5) is 4.03. The number of hydrogen-bond donors (Lipinski definition) is 2. The number of aliphatic hydroxyl groups is 1. The summed E-state index contributed by atoms with van der Waals surface area (Å²) < 4.78 is 5.08.